The van der Waals surface area contributed by atoms with E-state index in [0.29, 0.717) is 16.9 Å². The normalized spacial score (nSPS) is 11.5. The van der Waals surface area contributed by atoms with Gasteiger partial charge in [0, 0.05) is 34.9 Å². The summed E-state index contributed by atoms with van der Waals surface area (Å²) in [5, 5.41) is 25.8. The van der Waals surface area contributed by atoms with Crippen molar-refractivity contribution in [1.29, 1.82) is 0 Å². The number of thiophene rings is 2. The second kappa shape index (κ2) is 12.0. The molecule has 0 unspecified atom stereocenters. The molecule has 3 aromatic heterocycles. The molecule has 2 aromatic carbocycles. The highest BCUT2D eigenvalue weighted by Crippen LogP contribution is 2.34. The van der Waals surface area contributed by atoms with Crippen molar-refractivity contribution in [2.75, 3.05) is 4.90 Å². The van der Waals surface area contributed by atoms with Crippen molar-refractivity contribution in [2.45, 2.75) is 24.9 Å². The molecule has 3 N–H and O–H groups in total. The molecule has 0 aliphatic rings. The first-order valence-electron chi connectivity index (χ1n) is 12.3. The number of pyridine rings is 1. The predicted octanol–water partition coefficient (Wildman–Crippen LogP) is 6.57. The second-order valence-corrected chi connectivity index (χ2v) is 13.1. The highest BCUT2D eigenvalue weighted by molar-refractivity contribution is 7.89. The number of phenolic OH excluding ortho intramolecular Hbond substituents is 2. The van der Waals surface area contributed by atoms with E-state index in [1.165, 1.54) is 39.8 Å². The van der Waals surface area contributed by atoms with Gasteiger partial charge in [0.1, 0.15) is 16.4 Å². The number of amides is 1. The number of hydrogen-bond donors (Lipinski definition) is 3. The molecule has 0 saturated heterocycles. The minimum atomic E-state index is -3.74. The lowest BCUT2D eigenvalue weighted by molar-refractivity contribution is 0.0982. The Kier molecular flexibility index (Phi) is 8.43. The smallest absolute Gasteiger partial charge is 0.262 e. The summed E-state index contributed by atoms with van der Waals surface area (Å²) in [6.45, 7) is 2.23. The van der Waals surface area contributed by atoms with Crippen LogP contribution in [-0.4, -0.2) is 29.5 Å². The summed E-state index contributed by atoms with van der Waals surface area (Å²) in [5.41, 5.74) is 3.43. The molecule has 5 aromatic rings. The van der Waals surface area contributed by atoms with Crippen LogP contribution in [0.4, 0.5) is 5.69 Å². The lowest BCUT2D eigenvalue weighted by Crippen LogP contribution is -2.30. The van der Waals surface area contributed by atoms with E-state index in [2.05, 4.69) is 9.71 Å². The van der Waals surface area contributed by atoms with Gasteiger partial charge in [-0.25, -0.2) is 13.1 Å². The maximum absolute atomic E-state index is 13.6. The summed E-state index contributed by atoms with van der Waals surface area (Å²) in [6, 6.07) is 16.6. The minimum absolute atomic E-state index is 0.0471. The summed E-state index contributed by atoms with van der Waals surface area (Å²) < 4.78 is 28.2. The summed E-state index contributed by atoms with van der Waals surface area (Å²) in [5.74, 6) is -1.21. The van der Waals surface area contributed by atoms with E-state index in [0.717, 1.165) is 22.1 Å². The lowest BCUT2D eigenvalue weighted by Gasteiger charge is -2.23. The number of sulfonamides is 1. The highest BCUT2D eigenvalue weighted by Gasteiger charge is 2.23. The van der Waals surface area contributed by atoms with Crippen LogP contribution in [-0.2, 0) is 23.1 Å². The van der Waals surface area contributed by atoms with Crippen LogP contribution in [0.3, 0.4) is 0 Å². The Morgan fingerprint density at radius 1 is 1.05 bits per heavy atom. The van der Waals surface area contributed by atoms with Gasteiger partial charge in [-0.05, 0) is 70.6 Å². The molecule has 41 heavy (non-hydrogen) atoms. The SMILES string of the molecule is Cc1cc(S(=O)(=O)NCc2cccs2)cnc1-c1ccc(N(Cc2ccsc2)C(=O)c2cc(Cl)c(O)cc2O)cc1. The van der Waals surface area contributed by atoms with Gasteiger partial charge in [-0.2, -0.15) is 11.3 Å². The first-order chi connectivity index (χ1) is 19.6. The van der Waals surface area contributed by atoms with E-state index in [4.69, 9.17) is 11.6 Å². The van der Waals surface area contributed by atoms with Gasteiger partial charge in [0.05, 0.1) is 22.8 Å². The Hall–Kier alpha value is -3.74. The van der Waals surface area contributed by atoms with Crippen LogP contribution in [0.1, 0.15) is 26.4 Å². The summed E-state index contributed by atoms with van der Waals surface area (Å²) in [4.78, 5) is 20.5. The number of nitrogens with one attached hydrogen (secondary N) is 1. The molecule has 12 heteroatoms. The Labute approximate surface area is 250 Å². The summed E-state index contributed by atoms with van der Waals surface area (Å²) in [6.07, 6.45) is 1.33. The van der Waals surface area contributed by atoms with Gasteiger partial charge in [0.15, 0.2) is 0 Å². The molecule has 0 bridgehead atoms. The van der Waals surface area contributed by atoms with Crippen molar-refractivity contribution in [1.82, 2.24) is 9.71 Å². The van der Waals surface area contributed by atoms with Gasteiger partial charge in [0.2, 0.25) is 10.0 Å². The molecule has 0 spiro atoms. The monoisotopic (exact) mass is 625 g/mol. The number of halogens is 1. The fraction of sp³-hybridized carbons (Fsp3) is 0.103. The number of aromatic hydroxyl groups is 2. The number of benzene rings is 2. The summed E-state index contributed by atoms with van der Waals surface area (Å²) in [7, 11) is -3.74. The third-order valence-electron chi connectivity index (χ3n) is 6.29. The highest BCUT2D eigenvalue weighted by atomic mass is 35.5. The van der Waals surface area contributed by atoms with Crippen LogP contribution < -0.4 is 9.62 Å². The average molecular weight is 626 g/mol. The van der Waals surface area contributed by atoms with Gasteiger partial charge in [-0.1, -0.05) is 29.8 Å². The van der Waals surface area contributed by atoms with E-state index in [1.54, 1.807) is 37.3 Å². The number of nitrogens with zero attached hydrogens (tertiary/aromatic N) is 2. The Bertz CT molecular complexity index is 1790. The third-order valence-corrected chi connectivity index (χ3v) is 9.57. The van der Waals surface area contributed by atoms with E-state index in [1.807, 2.05) is 34.3 Å². The predicted molar refractivity (Wildman–Crippen MR) is 162 cm³/mol. The fourth-order valence-electron chi connectivity index (χ4n) is 4.17. The lowest BCUT2D eigenvalue weighted by atomic mass is 10.1. The molecule has 3 heterocycles. The van der Waals surface area contributed by atoms with E-state index in [-0.39, 0.29) is 40.1 Å². The van der Waals surface area contributed by atoms with Crippen molar-refractivity contribution < 1.29 is 23.4 Å². The Morgan fingerprint density at radius 3 is 2.49 bits per heavy atom. The average Bonchev–Trinajstić information content (AvgIpc) is 3.67. The second-order valence-electron chi connectivity index (χ2n) is 9.13. The molecule has 0 aliphatic heterocycles. The first kappa shape index (κ1) is 28.8. The van der Waals surface area contributed by atoms with Crippen molar-refractivity contribution in [3.63, 3.8) is 0 Å². The van der Waals surface area contributed by atoms with Crippen molar-refractivity contribution in [3.05, 3.63) is 110 Å². The largest absolute Gasteiger partial charge is 0.507 e. The van der Waals surface area contributed by atoms with Gasteiger partial charge in [-0.15, -0.1) is 11.3 Å². The van der Waals surface area contributed by atoms with Crippen molar-refractivity contribution >= 4 is 55.9 Å². The molecule has 8 nitrogen and oxygen atoms in total. The van der Waals surface area contributed by atoms with E-state index < -0.39 is 15.9 Å². The quantitative estimate of drug-likeness (QED) is 0.170. The Balaban J connectivity index is 1.41. The molecule has 0 fully saturated rings. The zero-order valence-electron chi connectivity index (χ0n) is 21.6. The number of phenols is 2. The van der Waals surface area contributed by atoms with Crippen LogP contribution in [0.25, 0.3) is 11.3 Å². The van der Waals surface area contributed by atoms with Gasteiger partial charge in [0.25, 0.3) is 5.91 Å². The molecule has 210 valence electrons. The molecular formula is C29H24ClN3O5S3. The molecule has 5 rings (SSSR count). The van der Waals surface area contributed by atoms with Crippen LogP contribution in [0.5, 0.6) is 11.5 Å². The summed E-state index contributed by atoms with van der Waals surface area (Å²) >= 11 is 9.00. The number of aromatic nitrogens is 1. The van der Waals surface area contributed by atoms with Crippen LogP contribution >= 0.6 is 34.3 Å². The Morgan fingerprint density at radius 2 is 1.83 bits per heavy atom. The number of hydrogen-bond acceptors (Lipinski definition) is 8. The van der Waals surface area contributed by atoms with E-state index in [9.17, 15) is 23.4 Å². The molecule has 0 aliphatic carbocycles. The number of aryl methyl sites for hydroxylation is 1. The van der Waals surface area contributed by atoms with Crippen LogP contribution in [0.2, 0.25) is 5.02 Å². The van der Waals surface area contributed by atoms with Gasteiger partial charge < -0.3 is 15.1 Å². The standard InChI is InChI=1S/C29H24ClN3O5S3/c1-18-11-23(41(37,38)32-14-22-3-2-9-40-22)15-31-28(18)20-4-6-21(7-5-20)33(16-19-8-10-39-17-19)29(36)24-12-25(30)27(35)13-26(24)34/h2-13,15,17,32,34-35H,14,16H2,1H3. The number of carbonyl (C=O) groups is 1. The van der Waals surface area contributed by atoms with Crippen molar-refractivity contribution in [2.24, 2.45) is 0 Å². The topological polar surface area (TPSA) is 120 Å². The van der Waals surface area contributed by atoms with Gasteiger partial charge >= 0.3 is 0 Å². The number of carbonyl (C=O) groups excluding carboxylic acids is 1. The van der Waals surface area contributed by atoms with E-state index >= 15 is 0 Å². The third kappa shape index (κ3) is 6.45. The van der Waals surface area contributed by atoms with Crippen LogP contribution in [0.15, 0.2) is 87.9 Å². The zero-order valence-corrected chi connectivity index (χ0v) is 24.8. The minimum Gasteiger partial charge on any atom is -0.507 e. The molecular weight excluding hydrogens is 602 g/mol. The molecule has 1 amide bonds. The molecule has 0 atom stereocenters. The number of anilines is 1. The van der Waals surface area contributed by atoms with Gasteiger partial charge in [-0.3, -0.25) is 9.78 Å². The fourth-order valence-corrected chi connectivity index (χ4v) is 6.77. The molecule has 0 saturated carbocycles. The maximum Gasteiger partial charge on any atom is 0.262 e. The first-order valence-corrected chi connectivity index (χ1v) is 15.9. The van der Waals surface area contributed by atoms with Crippen molar-refractivity contribution in [3.8, 4) is 22.8 Å². The number of rotatable bonds is 9. The molecule has 0 radical (unpaired) electrons. The van der Waals surface area contributed by atoms with Crippen LogP contribution in [0, 0.1) is 6.92 Å². The maximum atomic E-state index is 13.6. The zero-order chi connectivity index (χ0) is 29.1.